The summed E-state index contributed by atoms with van der Waals surface area (Å²) in [7, 11) is 0. The molecule has 0 aliphatic carbocycles. The molecule has 2 atom stereocenters. The first-order valence-electron chi connectivity index (χ1n) is 4.22. The molecule has 2 fully saturated rings. The van der Waals surface area contributed by atoms with Crippen LogP contribution in [0.15, 0.2) is 0 Å². The molecule has 2 aliphatic rings. The van der Waals surface area contributed by atoms with Gasteiger partial charge in [0.05, 0.1) is 13.2 Å². The molecule has 5 heteroatoms. The fourth-order valence-corrected chi connectivity index (χ4v) is 1.46. The van der Waals surface area contributed by atoms with Gasteiger partial charge in [0.2, 0.25) is 0 Å². The Bertz CT molecular complexity index is 177. The Kier molecular flexibility index (Phi) is 3.24. The Balaban J connectivity index is 0.000000184. The van der Waals surface area contributed by atoms with Gasteiger partial charge in [-0.2, -0.15) is 0 Å². The molecule has 2 aliphatic heterocycles. The lowest BCUT2D eigenvalue weighted by Crippen LogP contribution is -2.33. The van der Waals surface area contributed by atoms with Crippen molar-refractivity contribution in [3.63, 3.8) is 0 Å². The largest absolute Gasteiger partial charge is 0.481 e. The van der Waals surface area contributed by atoms with Crippen LogP contribution >= 0.6 is 0 Å². The van der Waals surface area contributed by atoms with Crippen molar-refractivity contribution in [1.82, 2.24) is 0 Å². The van der Waals surface area contributed by atoms with Crippen LogP contribution in [0.1, 0.15) is 19.8 Å². The van der Waals surface area contributed by atoms with Crippen molar-refractivity contribution in [2.24, 2.45) is 0 Å². The summed E-state index contributed by atoms with van der Waals surface area (Å²) in [6.07, 6.45) is 1.44. The molecule has 2 N–H and O–H groups in total. The smallest absolute Gasteiger partial charge is 0.300 e. The molecule has 2 rings (SSSR count). The molecule has 0 aromatic rings. The van der Waals surface area contributed by atoms with E-state index in [1.54, 1.807) is 0 Å². The van der Waals surface area contributed by atoms with E-state index in [1.807, 2.05) is 0 Å². The van der Waals surface area contributed by atoms with Crippen LogP contribution in [0, 0.1) is 0 Å². The molecule has 2 heterocycles. The van der Waals surface area contributed by atoms with Crippen LogP contribution in [0.5, 0.6) is 0 Å². The minimum Gasteiger partial charge on any atom is -0.481 e. The van der Waals surface area contributed by atoms with E-state index in [1.165, 1.54) is 0 Å². The zero-order chi connectivity index (χ0) is 9.90. The summed E-state index contributed by atoms with van der Waals surface area (Å²) in [5.74, 6) is -1.75. The third-order valence-electron chi connectivity index (χ3n) is 2.01. The molecule has 0 saturated carbocycles. The Morgan fingerprint density at radius 3 is 2.69 bits per heavy atom. The van der Waals surface area contributed by atoms with Crippen molar-refractivity contribution in [2.75, 3.05) is 13.2 Å². The third kappa shape index (κ3) is 2.65. The predicted octanol–water partition coefficient (Wildman–Crippen LogP) is -0.0249. The van der Waals surface area contributed by atoms with Crippen LogP contribution in [-0.4, -0.2) is 41.3 Å². The summed E-state index contributed by atoms with van der Waals surface area (Å²) >= 11 is 0. The Labute approximate surface area is 76.3 Å². The van der Waals surface area contributed by atoms with Crippen molar-refractivity contribution in [1.29, 1.82) is 0 Å². The highest BCUT2D eigenvalue weighted by atomic mass is 16.7. The van der Waals surface area contributed by atoms with Gasteiger partial charge in [-0.1, -0.05) is 0 Å². The highest BCUT2D eigenvalue weighted by Crippen LogP contribution is 2.34. The lowest BCUT2D eigenvalue weighted by Gasteiger charge is -2.18. The normalized spacial score (nSPS) is 36.3. The number of hydrogen-bond acceptors (Lipinski definition) is 4. The Morgan fingerprint density at radius 1 is 1.54 bits per heavy atom. The van der Waals surface area contributed by atoms with Crippen LogP contribution in [0.4, 0.5) is 0 Å². The number of aliphatic hydroxyl groups is 1. The first kappa shape index (κ1) is 10.4. The fraction of sp³-hybridized carbons (Fsp3) is 0.875. The minimum atomic E-state index is -0.917. The average Bonchev–Trinajstić information content (AvgIpc) is 2.42. The molecule has 0 aromatic carbocycles. The molecule has 0 radical (unpaired) electrons. The number of ether oxygens (including phenoxy) is 2. The van der Waals surface area contributed by atoms with Crippen molar-refractivity contribution in [3.05, 3.63) is 0 Å². The molecule has 5 nitrogen and oxygen atoms in total. The highest BCUT2D eigenvalue weighted by Gasteiger charge is 2.47. The van der Waals surface area contributed by atoms with E-state index in [-0.39, 0.29) is 6.10 Å². The van der Waals surface area contributed by atoms with E-state index in [0.717, 1.165) is 13.3 Å². The topological polar surface area (TPSA) is 76.0 Å². The van der Waals surface area contributed by atoms with E-state index in [2.05, 4.69) is 0 Å². The second kappa shape index (κ2) is 4.04. The van der Waals surface area contributed by atoms with Crippen molar-refractivity contribution < 1.29 is 24.5 Å². The molecule has 0 amide bonds. The second-order valence-corrected chi connectivity index (χ2v) is 3.11. The number of hydrogen-bond donors (Lipinski definition) is 2. The van der Waals surface area contributed by atoms with Crippen molar-refractivity contribution in [2.45, 2.75) is 31.7 Å². The maximum atomic E-state index is 9.48. The van der Waals surface area contributed by atoms with Gasteiger partial charge in [-0.05, 0) is 0 Å². The van der Waals surface area contributed by atoms with Crippen LogP contribution < -0.4 is 0 Å². The van der Waals surface area contributed by atoms with Gasteiger partial charge in [-0.3, -0.25) is 4.79 Å². The zero-order valence-electron chi connectivity index (χ0n) is 7.52. The third-order valence-corrected chi connectivity index (χ3v) is 2.01. The SMILES string of the molecule is CC(=O)O.O[C@]12CCO[C@H]1CCO2. The van der Waals surface area contributed by atoms with E-state index in [4.69, 9.17) is 19.4 Å². The van der Waals surface area contributed by atoms with Crippen molar-refractivity contribution >= 4 is 5.97 Å². The Morgan fingerprint density at radius 2 is 2.15 bits per heavy atom. The van der Waals surface area contributed by atoms with Crippen LogP contribution in [0.25, 0.3) is 0 Å². The summed E-state index contributed by atoms with van der Waals surface area (Å²) in [4.78, 5) is 9.00. The second-order valence-electron chi connectivity index (χ2n) is 3.11. The lowest BCUT2D eigenvalue weighted by molar-refractivity contribution is -0.184. The zero-order valence-corrected chi connectivity index (χ0v) is 7.52. The number of rotatable bonds is 0. The number of carboxylic acid groups (broad SMARTS) is 1. The van der Waals surface area contributed by atoms with Gasteiger partial charge in [0.25, 0.3) is 5.97 Å². The summed E-state index contributed by atoms with van der Waals surface area (Å²) in [5.41, 5.74) is 0. The van der Waals surface area contributed by atoms with Crippen molar-refractivity contribution in [3.8, 4) is 0 Å². The Hall–Kier alpha value is -0.650. The summed E-state index contributed by atoms with van der Waals surface area (Å²) in [6.45, 7) is 2.36. The quantitative estimate of drug-likeness (QED) is 0.561. The monoisotopic (exact) mass is 190 g/mol. The molecule has 76 valence electrons. The molecule has 0 unspecified atom stereocenters. The van der Waals surface area contributed by atoms with Gasteiger partial charge in [-0.15, -0.1) is 0 Å². The van der Waals surface area contributed by atoms with Gasteiger partial charge in [0.15, 0.2) is 5.79 Å². The predicted molar refractivity (Wildman–Crippen MR) is 43.2 cm³/mol. The molecular weight excluding hydrogens is 176 g/mol. The van der Waals surface area contributed by atoms with Gasteiger partial charge in [0, 0.05) is 19.8 Å². The molecule has 2 saturated heterocycles. The van der Waals surface area contributed by atoms with Gasteiger partial charge in [-0.25, -0.2) is 0 Å². The first-order valence-corrected chi connectivity index (χ1v) is 4.22. The highest BCUT2D eigenvalue weighted by molar-refractivity contribution is 5.62. The number of aliphatic carboxylic acids is 1. The van der Waals surface area contributed by atoms with Gasteiger partial charge >= 0.3 is 0 Å². The molecule has 0 spiro atoms. The molecule has 13 heavy (non-hydrogen) atoms. The summed E-state index contributed by atoms with van der Waals surface area (Å²) in [6, 6.07) is 0. The molecular formula is C8H14O5. The first-order chi connectivity index (χ1) is 6.04. The van der Waals surface area contributed by atoms with Crippen LogP contribution in [-0.2, 0) is 14.3 Å². The van der Waals surface area contributed by atoms with E-state index >= 15 is 0 Å². The fourth-order valence-electron chi connectivity index (χ4n) is 1.46. The lowest BCUT2D eigenvalue weighted by atomic mass is 10.1. The maximum Gasteiger partial charge on any atom is 0.300 e. The standard InChI is InChI=1S/C6H10O3.C2H4O2/c7-6-2-4-8-5(6)1-3-9-6;1-2(3)4/h5,7H,1-4H2;1H3,(H,3,4)/t5-,6-;/m0./s1. The van der Waals surface area contributed by atoms with E-state index in [0.29, 0.717) is 19.6 Å². The minimum absolute atomic E-state index is 0.0440. The number of carbonyl (C=O) groups is 1. The van der Waals surface area contributed by atoms with Gasteiger partial charge in [0.1, 0.15) is 6.10 Å². The summed E-state index contributed by atoms with van der Waals surface area (Å²) in [5, 5.41) is 16.9. The van der Waals surface area contributed by atoms with E-state index < -0.39 is 11.8 Å². The number of fused-ring (bicyclic) bond motifs is 1. The average molecular weight is 190 g/mol. The van der Waals surface area contributed by atoms with Crippen LogP contribution in [0.3, 0.4) is 0 Å². The van der Waals surface area contributed by atoms with Crippen LogP contribution in [0.2, 0.25) is 0 Å². The summed E-state index contributed by atoms with van der Waals surface area (Å²) < 4.78 is 10.3. The number of carboxylic acids is 1. The van der Waals surface area contributed by atoms with Gasteiger partial charge < -0.3 is 19.7 Å². The molecule has 0 bridgehead atoms. The molecule has 0 aromatic heterocycles. The maximum absolute atomic E-state index is 9.48. The van der Waals surface area contributed by atoms with E-state index in [9.17, 15) is 5.11 Å².